The average molecular weight is 290 g/mol. The monoisotopic (exact) mass is 290 g/mol. The van der Waals surface area contributed by atoms with Gasteiger partial charge in [0.1, 0.15) is 5.69 Å². The molecule has 0 aromatic heterocycles. The minimum atomic E-state index is -0.796. The van der Waals surface area contributed by atoms with E-state index in [-0.39, 0.29) is 17.6 Å². The van der Waals surface area contributed by atoms with Crippen molar-refractivity contribution in [2.75, 3.05) is 5.32 Å². The van der Waals surface area contributed by atoms with E-state index in [0.717, 1.165) is 19.3 Å². The zero-order chi connectivity index (χ0) is 15.1. The molecule has 3 rings (SSSR count). The van der Waals surface area contributed by atoms with Crippen molar-refractivity contribution in [2.24, 2.45) is 17.8 Å². The number of nitro groups is 1. The normalized spacial score (nSPS) is 30.3. The molecule has 0 aliphatic heterocycles. The highest BCUT2D eigenvalue weighted by Crippen LogP contribution is 2.50. The number of aryl methyl sites for hydroxylation is 1. The standard InChI is InChI=1S/C15H18N2O4/c1-8-3-2-4-11(14(8)17(20)21)16-13-10-6-5-9(7-10)12(13)15(18)19/h2-4,9-10,12-13,16H,5-7H2,1H3,(H,18,19). The molecular weight excluding hydrogens is 272 g/mol. The summed E-state index contributed by atoms with van der Waals surface area (Å²) < 4.78 is 0. The number of anilines is 1. The summed E-state index contributed by atoms with van der Waals surface area (Å²) in [5, 5.41) is 23.9. The Morgan fingerprint density at radius 2 is 2.10 bits per heavy atom. The predicted octanol–water partition coefficient (Wildman–Crippen LogP) is 2.81. The van der Waals surface area contributed by atoms with Gasteiger partial charge in [0, 0.05) is 11.6 Å². The Morgan fingerprint density at radius 3 is 2.76 bits per heavy atom. The van der Waals surface area contributed by atoms with Crippen molar-refractivity contribution >= 4 is 17.3 Å². The Morgan fingerprint density at radius 1 is 1.38 bits per heavy atom. The molecule has 0 spiro atoms. The lowest BCUT2D eigenvalue weighted by molar-refractivity contribution is -0.384. The number of nitrogens with zero attached hydrogens (tertiary/aromatic N) is 1. The van der Waals surface area contributed by atoms with Crippen LogP contribution in [0.5, 0.6) is 0 Å². The Kier molecular flexibility index (Phi) is 3.31. The van der Waals surface area contributed by atoms with Gasteiger partial charge in [0.2, 0.25) is 0 Å². The molecule has 21 heavy (non-hydrogen) atoms. The van der Waals surface area contributed by atoms with Gasteiger partial charge in [-0.1, -0.05) is 12.1 Å². The first-order chi connectivity index (χ1) is 9.99. The highest BCUT2D eigenvalue weighted by atomic mass is 16.6. The fourth-order valence-corrected chi connectivity index (χ4v) is 4.05. The SMILES string of the molecule is Cc1cccc(NC2C3CCC(C3)C2C(=O)O)c1[N+](=O)[O-]. The fraction of sp³-hybridized carbons (Fsp3) is 0.533. The maximum Gasteiger partial charge on any atom is 0.308 e. The molecule has 0 radical (unpaired) electrons. The number of para-hydroxylation sites is 1. The first-order valence-corrected chi connectivity index (χ1v) is 7.22. The molecule has 4 unspecified atom stereocenters. The molecule has 0 amide bonds. The molecule has 6 heteroatoms. The van der Waals surface area contributed by atoms with E-state index in [2.05, 4.69) is 5.32 Å². The van der Waals surface area contributed by atoms with Gasteiger partial charge in [0.15, 0.2) is 0 Å². The number of nitro benzene ring substituents is 1. The van der Waals surface area contributed by atoms with Crippen molar-refractivity contribution in [2.45, 2.75) is 32.2 Å². The van der Waals surface area contributed by atoms with Crippen LogP contribution < -0.4 is 5.32 Å². The van der Waals surface area contributed by atoms with Gasteiger partial charge < -0.3 is 10.4 Å². The smallest absolute Gasteiger partial charge is 0.308 e. The van der Waals surface area contributed by atoms with Crippen LogP contribution in [0.2, 0.25) is 0 Å². The van der Waals surface area contributed by atoms with E-state index in [9.17, 15) is 20.0 Å². The lowest BCUT2D eigenvalue weighted by Gasteiger charge is -2.29. The molecule has 2 fully saturated rings. The molecule has 1 aromatic rings. The van der Waals surface area contributed by atoms with E-state index in [4.69, 9.17) is 0 Å². The number of aliphatic carboxylic acids is 1. The zero-order valence-corrected chi connectivity index (χ0v) is 11.8. The van der Waals surface area contributed by atoms with Crippen LogP contribution in [-0.4, -0.2) is 22.0 Å². The van der Waals surface area contributed by atoms with E-state index in [1.165, 1.54) is 0 Å². The van der Waals surface area contributed by atoms with Crippen molar-refractivity contribution in [3.05, 3.63) is 33.9 Å². The number of nitrogens with one attached hydrogen (secondary N) is 1. The molecule has 112 valence electrons. The molecular formula is C15H18N2O4. The van der Waals surface area contributed by atoms with Gasteiger partial charge in [-0.05, 0) is 44.1 Å². The predicted molar refractivity (Wildman–Crippen MR) is 77.2 cm³/mol. The van der Waals surface area contributed by atoms with Crippen molar-refractivity contribution < 1.29 is 14.8 Å². The Bertz CT molecular complexity index is 601. The topological polar surface area (TPSA) is 92.5 Å². The molecule has 2 aliphatic carbocycles. The summed E-state index contributed by atoms with van der Waals surface area (Å²) in [4.78, 5) is 22.3. The molecule has 6 nitrogen and oxygen atoms in total. The first kappa shape index (κ1) is 13.9. The lowest BCUT2D eigenvalue weighted by atomic mass is 9.84. The molecule has 2 saturated carbocycles. The minimum Gasteiger partial charge on any atom is -0.481 e. The van der Waals surface area contributed by atoms with Crippen LogP contribution in [0.4, 0.5) is 11.4 Å². The van der Waals surface area contributed by atoms with Crippen LogP contribution in [0.1, 0.15) is 24.8 Å². The lowest BCUT2D eigenvalue weighted by Crippen LogP contribution is -2.39. The van der Waals surface area contributed by atoms with Crippen LogP contribution in [-0.2, 0) is 4.79 Å². The van der Waals surface area contributed by atoms with E-state index in [1.807, 2.05) is 0 Å². The Hall–Kier alpha value is -2.11. The van der Waals surface area contributed by atoms with Gasteiger partial charge in [0.25, 0.3) is 5.69 Å². The van der Waals surface area contributed by atoms with Crippen LogP contribution in [0.15, 0.2) is 18.2 Å². The third-order valence-electron chi connectivity index (χ3n) is 4.94. The molecule has 1 aromatic carbocycles. The van der Waals surface area contributed by atoms with Crippen molar-refractivity contribution in [3.63, 3.8) is 0 Å². The van der Waals surface area contributed by atoms with Gasteiger partial charge in [-0.2, -0.15) is 0 Å². The summed E-state index contributed by atoms with van der Waals surface area (Å²) in [6.45, 7) is 1.69. The molecule has 0 saturated heterocycles. The van der Waals surface area contributed by atoms with Crippen molar-refractivity contribution in [1.29, 1.82) is 0 Å². The molecule has 4 atom stereocenters. The van der Waals surface area contributed by atoms with Gasteiger partial charge in [-0.15, -0.1) is 0 Å². The fourth-order valence-electron chi connectivity index (χ4n) is 4.05. The second kappa shape index (κ2) is 5.02. The minimum absolute atomic E-state index is 0.0458. The van der Waals surface area contributed by atoms with Gasteiger partial charge in [-0.25, -0.2) is 0 Å². The van der Waals surface area contributed by atoms with Crippen LogP contribution in [0.25, 0.3) is 0 Å². The van der Waals surface area contributed by atoms with Crippen LogP contribution >= 0.6 is 0 Å². The third kappa shape index (κ3) is 2.24. The summed E-state index contributed by atoms with van der Waals surface area (Å²) in [6, 6.07) is 4.91. The van der Waals surface area contributed by atoms with E-state index < -0.39 is 16.8 Å². The molecule has 2 N–H and O–H groups in total. The second-order valence-corrected chi connectivity index (χ2v) is 6.10. The summed E-state index contributed by atoms with van der Waals surface area (Å²) in [5.41, 5.74) is 1.06. The maximum absolute atomic E-state index is 11.5. The Labute approximate surface area is 122 Å². The summed E-state index contributed by atoms with van der Waals surface area (Å²) >= 11 is 0. The zero-order valence-electron chi connectivity index (χ0n) is 11.8. The van der Waals surface area contributed by atoms with Gasteiger partial charge in [0.05, 0.1) is 10.8 Å². The Balaban J connectivity index is 1.92. The van der Waals surface area contributed by atoms with E-state index >= 15 is 0 Å². The average Bonchev–Trinajstić information content (AvgIpc) is 2.98. The van der Waals surface area contributed by atoms with Crippen LogP contribution in [0.3, 0.4) is 0 Å². The highest BCUT2D eigenvalue weighted by molar-refractivity contribution is 5.74. The van der Waals surface area contributed by atoms with Crippen molar-refractivity contribution in [3.8, 4) is 0 Å². The number of hydrogen-bond acceptors (Lipinski definition) is 4. The van der Waals surface area contributed by atoms with E-state index in [0.29, 0.717) is 17.2 Å². The maximum atomic E-state index is 11.5. The third-order valence-corrected chi connectivity index (χ3v) is 4.94. The highest BCUT2D eigenvalue weighted by Gasteiger charge is 2.51. The van der Waals surface area contributed by atoms with Crippen LogP contribution in [0, 0.1) is 34.8 Å². The first-order valence-electron chi connectivity index (χ1n) is 7.22. The number of rotatable bonds is 4. The van der Waals surface area contributed by atoms with Gasteiger partial charge >= 0.3 is 5.97 Å². The largest absolute Gasteiger partial charge is 0.481 e. The number of hydrogen-bond donors (Lipinski definition) is 2. The number of carboxylic acids is 1. The van der Waals surface area contributed by atoms with Crippen molar-refractivity contribution in [1.82, 2.24) is 0 Å². The molecule has 0 heterocycles. The molecule has 2 bridgehead atoms. The second-order valence-electron chi connectivity index (χ2n) is 6.10. The summed E-state index contributed by atoms with van der Waals surface area (Å²) in [7, 11) is 0. The van der Waals surface area contributed by atoms with E-state index in [1.54, 1.807) is 25.1 Å². The summed E-state index contributed by atoms with van der Waals surface area (Å²) in [5.74, 6) is -0.732. The van der Waals surface area contributed by atoms with Gasteiger partial charge in [-0.3, -0.25) is 14.9 Å². The number of carbonyl (C=O) groups is 1. The number of fused-ring (bicyclic) bond motifs is 2. The quantitative estimate of drug-likeness (QED) is 0.657. The molecule has 2 aliphatic rings. The summed E-state index contributed by atoms with van der Waals surface area (Å²) in [6.07, 6.45) is 2.87. The number of carboxylic acid groups (broad SMARTS) is 1. The number of benzene rings is 1.